The zero-order valence-corrected chi connectivity index (χ0v) is 9.60. The maximum atomic E-state index is 5.55. The van der Waals surface area contributed by atoms with Crippen molar-refractivity contribution in [2.45, 2.75) is 6.42 Å². The molecule has 4 heteroatoms. The Kier molecular flexibility index (Phi) is 4.13. The zero-order valence-electron chi connectivity index (χ0n) is 9.60. The summed E-state index contributed by atoms with van der Waals surface area (Å²) in [5.41, 5.74) is 5.55. The molecule has 0 aliphatic carbocycles. The highest BCUT2D eigenvalue weighted by atomic mass is 15.2. The minimum Gasteiger partial charge on any atom is -0.370 e. The van der Waals surface area contributed by atoms with Gasteiger partial charge in [0.2, 0.25) is 0 Å². The lowest BCUT2D eigenvalue weighted by atomic mass is 10.1. The monoisotopic (exact) mass is 220 g/mol. The molecular formula is C12H20N4. The van der Waals surface area contributed by atoms with Crippen LogP contribution in [-0.4, -0.2) is 42.6 Å². The van der Waals surface area contributed by atoms with Gasteiger partial charge in [-0.3, -0.25) is 0 Å². The van der Waals surface area contributed by atoms with E-state index in [9.17, 15) is 0 Å². The summed E-state index contributed by atoms with van der Waals surface area (Å²) >= 11 is 0. The van der Waals surface area contributed by atoms with Crippen molar-refractivity contribution in [1.82, 2.24) is 9.88 Å². The Balaban J connectivity index is 1.72. The van der Waals surface area contributed by atoms with Crippen molar-refractivity contribution in [3.05, 3.63) is 24.4 Å². The molecule has 1 fully saturated rings. The highest BCUT2D eigenvalue weighted by molar-refractivity contribution is 5.33. The molecule has 1 aromatic rings. The van der Waals surface area contributed by atoms with Gasteiger partial charge in [0.05, 0.1) is 0 Å². The first kappa shape index (κ1) is 11.4. The van der Waals surface area contributed by atoms with Gasteiger partial charge in [0.25, 0.3) is 0 Å². The van der Waals surface area contributed by atoms with E-state index in [1.165, 1.54) is 13.0 Å². The molecule has 0 radical (unpaired) electrons. The third-order valence-corrected chi connectivity index (χ3v) is 3.05. The molecule has 0 saturated carbocycles. The van der Waals surface area contributed by atoms with E-state index < -0.39 is 0 Å². The molecular weight excluding hydrogens is 200 g/mol. The Hall–Kier alpha value is -1.13. The standard InChI is InChI=1S/C12H20N4/c13-5-8-16-7-4-11(10-16)9-15-12-3-1-2-6-14-12/h1-3,6,11H,4-5,7-10,13H2,(H,14,15). The Bertz CT molecular complexity index is 301. The summed E-state index contributed by atoms with van der Waals surface area (Å²) in [5.74, 6) is 1.70. The van der Waals surface area contributed by atoms with Gasteiger partial charge in [-0.15, -0.1) is 0 Å². The second-order valence-corrected chi connectivity index (χ2v) is 4.34. The third-order valence-electron chi connectivity index (χ3n) is 3.05. The van der Waals surface area contributed by atoms with Crippen molar-refractivity contribution >= 4 is 5.82 Å². The summed E-state index contributed by atoms with van der Waals surface area (Å²) in [6, 6.07) is 5.95. The predicted octanol–water partition coefficient (Wildman–Crippen LogP) is 0.774. The fraction of sp³-hybridized carbons (Fsp3) is 0.583. The van der Waals surface area contributed by atoms with Crippen LogP contribution < -0.4 is 11.1 Å². The number of nitrogens with zero attached hydrogens (tertiary/aromatic N) is 2. The number of anilines is 1. The largest absolute Gasteiger partial charge is 0.370 e. The van der Waals surface area contributed by atoms with Crippen LogP contribution in [0.3, 0.4) is 0 Å². The average Bonchev–Trinajstić information content (AvgIpc) is 2.76. The number of rotatable bonds is 5. The molecule has 1 aliphatic rings. The molecule has 88 valence electrons. The van der Waals surface area contributed by atoms with Gasteiger partial charge in [0.15, 0.2) is 0 Å². The minimum absolute atomic E-state index is 0.730. The SMILES string of the molecule is NCCN1CCC(CNc2ccccn2)C1. The molecule has 1 atom stereocenters. The summed E-state index contributed by atoms with van der Waals surface area (Å²) in [6.45, 7) is 5.15. The lowest BCUT2D eigenvalue weighted by Crippen LogP contribution is -2.28. The predicted molar refractivity (Wildman–Crippen MR) is 66.3 cm³/mol. The van der Waals surface area contributed by atoms with E-state index in [4.69, 9.17) is 5.73 Å². The van der Waals surface area contributed by atoms with Crippen LogP contribution >= 0.6 is 0 Å². The van der Waals surface area contributed by atoms with Crippen LogP contribution in [0.1, 0.15) is 6.42 Å². The van der Waals surface area contributed by atoms with Crippen LogP contribution in [0, 0.1) is 5.92 Å². The normalized spacial score (nSPS) is 21.2. The highest BCUT2D eigenvalue weighted by Crippen LogP contribution is 2.15. The van der Waals surface area contributed by atoms with Gasteiger partial charge in [0, 0.05) is 32.4 Å². The number of aromatic nitrogens is 1. The Morgan fingerprint density at radius 2 is 2.44 bits per heavy atom. The molecule has 4 nitrogen and oxygen atoms in total. The molecule has 1 unspecified atom stereocenters. The maximum absolute atomic E-state index is 5.55. The van der Waals surface area contributed by atoms with Gasteiger partial charge in [0.1, 0.15) is 5.82 Å². The lowest BCUT2D eigenvalue weighted by Gasteiger charge is -2.15. The molecule has 0 aromatic carbocycles. The third kappa shape index (κ3) is 3.18. The van der Waals surface area contributed by atoms with Gasteiger partial charge in [-0.25, -0.2) is 4.98 Å². The van der Waals surface area contributed by atoms with Crippen LogP contribution in [0.2, 0.25) is 0 Å². The molecule has 3 N–H and O–H groups in total. The van der Waals surface area contributed by atoms with Gasteiger partial charge >= 0.3 is 0 Å². The van der Waals surface area contributed by atoms with E-state index >= 15 is 0 Å². The smallest absolute Gasteiger partial charge is 0.125 e. The van der Waals surface area contributed by atoms with Gasteiger partial charge in [-0.2, -0.15) is 0 Å². The molecule has 0 spiro atoms. The second-order valence-electron chi connectivity index (χ2n) is 4.34. The quantitative estimate of drug-likeness (QED) is 0.770. The van der Waals surface area contributed by atoms with Crippen LogP contribution in [-0.2, 0) is 0 Å². The minimum atomic E-state index is 0.730. The molecule has 16 heavy (non-hydrogen) atoms. The van der Waals surface area contributed by atoms with Crippen molar-refractivity contribution in [3.63, 3.8) is 0 Å². The van der Waals surface area contributed by atoms with Gasteiger partial charge in [-0.05, 0) is 31.0 Å². The van der Waals surface area contributed by atoms with E-state index in [0.717, 1.165) is 37.9 Å². The zero-order chi connectivity index (χ0) is 11.2. The Morgan fingerprint density at radius 3 is 3.19 bits per heavy atom. The Morgan fingerprint density at radius 1 is 1.50 bits per heavy atom. The van der Waals surface area contributed by atoms with E-state index in [0.29, 0.717) is 0 Å². The number of hydrogen-bond donors (Lipinski definition) is 2. The van der Waals surface area contributed by atoms with Crippen LogP contribution in [0.15, 0.2) is 24.4 Å². The molecule has 1 aromatic heterocycles. The first-order chi connectivity index (χ1) is 7.88. The van der Waals surface area contributed by atoms with E-state index in [1.807, 2.05) is 24.4 Å². The van der Waals surface area contributed by atoms with Gasteiger partial charge in [-0.1, -0.05) is 6.07 Å². The number of nitrogens with one attached hydrogen (secondary N) is 1. The molecule has 0 bridgehead atoms. The van der Waals surface area contributed by atoms with Crippen molar-refractivity contribution in [1.29, 1.82) is 0 Å². The fourth-order valence-corrected chi connectivity index (χ4v) is 2.18. The van der Waals surface area contributed by atoms with E-state index in [1.54, 1.807) is 0 Å². The second kappa shape index (κ2) is 5.82. The van der Waals surface area contributed by atoms with Crippen molar-refractivity contribution in [2.75, 3.05) is 38.0 Å². The summed E-state index contributed by atoms with van der Waals surface area (Å²) in [4.78, 5) is 6.69. The fourth-order valence-electron chi connectivity index (χ4n) is 2.18. The summed E-state index contributed by atoms with van der Waals surface area (Å²) < 4.78 is 0. The highest BCUT2D eigenvalue weighted by Gasteiger charge is 2.21. The molecule has 2 heterocycles. The van der Waals surface area contributed by atoms with Crippen LogP contribution in [0.4, 0.5) is 5.82 Å². The number of likely N-dealkylation sites (tertiary alicyclic amines) is 1. The number of nitrogens with two attached hydrogens (primary N) is 1. The number of pyridine rings is 1. The van der Waals surface area contributed by atoms with E-state index in [-0.39, 0.29) is 0 Å². The average molecular weight is 220 g/mol. The van der Waals surface area contributed by atoms with Crippen molar-refractivity contribution in [2.24, 2.45) is 11.7 Å². The van der Waals surface area contributed by atoms with Crippen LogP contribution in [0.25, 0.3) is 0 Å². The van der Waals surface area contributed by atoms with E-state index in [2.05, 4.69) is 15.2 Å². The lowest BCUT2D eigenvalue weighted by molar-refractivity contribution is 0.335. The van der Waals surface area contributed by atoms with Crippen molar-refractivity contribution < 1.29 is 0 Å². The summed E-state index contributed by atoms with van der Waals surface area (Å²) in [6.07, 6.45) is 3.08. The Labute approximate surface area is 96.8 Å². The first-order valence-electron chi connectivity index (χ1n) is 5.96. The van der Waals surface area contributed by atoms with Gasteiger partial charge < -0.3 is 16.0 Å². The van der Waals surface area contributed by atoms with Crippen LogP contribution in [0.5, 0.6) is 0 Å². The summed E-state index contributed by atoms with van der Waals surface area (Å²) in [5, 5.41) is 3.38. The molecule has 2 rings (SSSR count). The van der Waals surface area contributed by atoms with Crippen molar-refractivity contribution in [3.8, 4) is 0 Å². The topological polar surface area (TPSA) is 54.2 Å². The summed E-state index contributed by atoms with van der Waals surface area (Å²) in [7, 11) is 0. The molecule has 1 aliphatic heterocycles. The molecule has 1 saturated heterocycles. The maximum Gasteiger partial charge on any atom is 0.125 e. The molecule has 0 amide bonds. The number of hydrogen-bond acceptors (Lipinski definition) is 4. The first-order valence-corrected chi connectivity index (χ1v) is 5.96.